The number of carbonyl (C=O) groups is 2. The predicted octanol–water partition coefficient (Wildman–Crippen LogP) is 2.52. The number of Topliss-reactive ketones (excluding diaryl/α,β-unsaturated/α-hetero) is 1. The Hall–Kier alpha value is -2.01. The lowest BCUT2D eigenvalue weighted by atomic mass is 9.88. The molecule has 0 aliphatic carbocycles. The summed E-state index contributed by atoms with van der Waals surface area (Å²) in [7, 11) is 0. The van der Waals surface area contributed by atoms with Crippen LogP contribution in [0, 0.1) is 5.92 Å². The van der Waals surface area contributed by atoms with Gasteiger partial charge >= 0.3 is 0 Å². The molecule has 1 aromatic carbocycles. The maximum atomic E-state index is 12.6. The summed E-state index contributed by atoms with van der Waals surface area (Å²) in [6.45, 7) is 2.78. The first kappa shape index (κ1) is 16.8. The fourth-order valence-electron chi connectivity index (χ4n) is 4.22. The number of nitrogens with zero attached hydrogens (tertiary/aromatic N) is 2. The molecular formula is C19H24N2O3. The van der Waals surface area contributed by atoms with Crippen molar-refractivity contribution < 1.29 is 14.7 Å². The number of benzene rings is 1. The minimum Gasteiger partial charge on any atom is -0.483 e. The zero-order chi connectivity index (χ0) is 16.9. The Balaban J connectivity index is 0.000000526. The molecule has 0 spiro atoms. The van der Waals surface area contributed by atoms with E-state index in [0.29, 0.717) is 18.9 Å². The van der Waals surface area contributed by atoms with Gasteiger partial charge in [-0.2, -0.15) is 0 Å². The van der Waals surface area contributed by atoms with Gasteiger partial charge in [-0.05, 0) is 43.7 Å². The summed E-state index contributed by atoms with van der Waals surface area (Å²) in [6, 6.07) is 8.95. The van der Waals surface area contributed by atoms with Gasteiger partial charge < -0.3 is 10.0 Å². The minimum atomic E-state index is -0.250. The van der Waals surface area contributed by atoms with Crippen LogP contribution in [-0.2, 0) is 16.1 Å². The molecule has 0 aromatic heterocycles. The van der Waals surface area contributed by atoms with Gasteiger partial charge in [-0.1, -0.05) is 24.3 Å². The first-order valence-corrected chi connectivity index (χ1v) is 8.70. The number of fused-ring (bicyclic) bond motifs is 2. The number of piperidine rings is 1. The quantitative estimate of drug-likeness (QED) is 0.866. The van der Waals surface area contributed by atoms with Gasteiger partial charge in [0.1, 0.15) is 5.71 Å². The zero-order valence-corrected chi connectivity index (χ0v) is 13.9. The van der Waals surface area contributed by atoms with E-state index in [4.69, 9.17) is 9.90 Å². The van der Waals surface area contributed by atoms with Crippen LogP contribution in [0.1, 0.15) is 43.2 Å². The SMILES string of the molecule is O=C(C[C@H]1CC[C@@H]2CCCN2C1)C1=NCc2ccccc21.O=CO. The fraction of sp³-hybridized carbons (Fsp3) is 0.526. The number of hydrogen-bond acceptors (Lipinski definition) is 4. The normalized spacial score (nSPS) is 25.1. The van der Waals surface area contributed by atoms with Crippen LogP contribution >= 0.6 is 0 Å². The molecule has 4 rings (SSSR count). The summed E-state index contributed by atoms with van der Waals surface area (Å²) in [5, 5.41) is 6.89. The molecule has 2 fully saturated rings. The average Bonchev–Trinajstić information content (AvgIpc) is 3.21. The van der Waals surface area contributed by atoms with Crippen LogP contribution in [-0.4, -0.2) is 47.1 Å². The van der Waals surface area contributed by atoms with Gasteiger partial charge in [0.15, 0.2) is 5.78 Å². The van der Waals surface area contributed by atoms with Crippen LogP contribution in [0.4, 0.5) is 0 Å². The number of carbonyl (C=O) groups excluding carboxylic acids is 1. The van der Waals surface area contributed by atoms with Crippen molar-refractivity contribution in [2.45, 2.75) is 44.7 Å². The third-order valence-electron chi connectivity index (χ3n) is 5.32. The van der Waals surface area contributed by atoms with Gasteiger partial charge in [-0.15, -0.1) is 0 Å². The monoisotopic (exact) mass is 328 g/mol. The number of ketones is 1. The van der Waals surface area contributed by atoms with E-state index in [9.17, 15) is 4.79 Å². The lowest BCUT2D eigenvalue weighted by Gasteiger charge is -2.34. The molecular weight excluding hydrogens is 304 g/mol. The molecule has 5 heteroatoms. The molecule has 1 aromatic rings. The van der Waals surface area contributed by atoms with E-state index in [1.165, 1.54) is 37.8 Å². The average molecular weight is 328 g/mol. The van der Waals surface area contributed by atoms with Gasteiger partial charge in [-0.3, -0.25) is 14.6 Å². The van der Waals surface area contributed by atoms with E-state index in [0.717, 1.165) is 23.9 Å². The molecule has 0 radical (unpaired) electrons. The Morgan fingerprint density at radius 3 is 2.92 bits per heavy atom. The Kier molecular flexibility index (Phi) is 5.41. The van der Waals surface area contributed by atoms with Crippen molar-refractivity contribution in [3.8, 4) is 0 Å². The smallest absolute Gasteiger partial charge is 0.290 e. The van der Waals surface area contributed by atoms with Crippen molar-refractivity contribution in [2.75, 3.05) is 13.1 Å². The first-order valence-electron chi connectivity index (χ1n) is 8.70. The molecule has 2 atom stereocenters. The van der Waals surface area contributed by atoms with Crippen LogP contribution in [0.15, 0.2) is 29.3 Å². The Bertz CT molecular complexity index is 641. The van der Waals surface area contributed by atoms with Gasteiger partial charge in [-0.25, -0.2) is 0 Å². The van der Waals surface area contributed by atoms with E-state index < -0.39 is 0 Å². The Morgan fingerprint density at radius 2 is 2.08 bits per heavy atom. The maximum absolute atomic E-state index is 12.6. The highest BCUT2D eigenvalue weighted by atomic mass is 16.3. The molecule has 3 aliphatic heterocycles. The molecule has 128 valence electrons. The van der Waals surface area contributed by atoms with Gasteiger partial charge in [0, 0.05) is 24.6 Å². The molecule has 5 nitrogen and oxygen atoms in total. The summed E-state index contributed by atoms with van der Waals surface area (Å²) in [5.41, 5.74) is 3.00. The second-order valence-electron chi connectivity index (χ2n) is 6.79. The highest BCUT2D eigenvalue weighted by molar-refractivity contribution is 6.47. The second-order valence-corrected chi connectivity index (χ2v) is 6.79. The van der Waals surface area contributed by atoms with Crippen LogP contribution < -0.4 is 0 Å². The van der Waals surface area contributed by atoms with Gasteiger partial charge in [0.05, 0.1) is 6.54 Å². The van der Waals surface area contributed by atoms with E-state index in [2.05, 4.69) is 16.0 Å². The van der Waals surface area contributed by atoms with E-state index in [-0.39, 0.29) is 12.3 Å². The van der Waals surface area contributed by atoms with Crippen LogP contribution in [0.2, 0.25) is 0 Å². The second kappa shape index (κ2) is 7.71. The standard InChI is InChI=1S/C18H22N2O.CH2O2/c21-17(18-16-6-2-1-4-14(16)11-19-18)10-13-7-8-15-5-3-9-20(15)12-13;2-1-3/h1-2,4,6,13,15H,3,5,7-12H2;1H,(H,2,3)/t13-,15+;/m1./s1. The van der Waals surface area contributed by atoms with Crippen molar-refractivity contribution >= 4 is 18.0 Å². The third kappa shape index (κ3) is 3.56. The first-order chi connectivity index (χ1) is 11.7. The third-order valence-corrected chi connectivity index (χ3v) is 5.32. The summed E-state index contributed by atoms with van der Waals surface area (Å²) in [6.07, 6.45) is 5.87. The summed E-state index contributed by atoms with van der Waals surface area (Å²) in [4.78, 5) is 28.1. The molecule has 0 unspecified atom stereocenters. The summed E-state index contributed by atoms with van der Waals surface area (Å²) < 4.78 is 0. The molecule has 0 bridgehead atoms. The number of hydrogen-bond donors (Lipinski definition) is 1. The van der Waals surface area contributed by atoms with Crippen molar-refractivity contribution in [3.05, 3.63) is 35.4 Å². The fourth-order valence-corrected chi connectivity index (χ4v) is 4.22. The lowest BCUT2D eigenvalue weighted by molar-refractivity contribution is -0.122. The van der Waals surface area contributed by atoms with E-state index in [1.807, 2.05) is 18.2 Å². The van der Waals surface area contributed by atoms with Crippen molar-refractivity contribution in [1.82, 2.24) is 4.90 Å². The number of carboxylic acid groups (broad SMARTS) is 1. The van der Waals surface area contributed by atoms with Crippen LogP contribution in [0.5, 0.6) is 0 Å². The van der Waals surface area contributed by atoms with E-state index >= 15 is 0 Å². The van der Waals surface area contributed by atoms with Gasteiger partial charge in [0.2, 0.25) is 0 Å². The number of rotatable bonds is 3. The highest BCUT2D eigenvalue weighted by Crippen LogP contribution is 2.31. The van der Waals surface area contributed by atoms with Crippen LogP contribution in [0.3, 0.4) is 0 Å². The maximum Gasteiger partial charge on any atom is 0.290 e. The zero-order valence-electron chi connectivity index (χ0n) is 13.9. The van der Waals surface area contributed by atoms with Crippen molar-refractivity contribution in [1.29, 1.82) is 0 Å². The molecule has 24 heavy (non-hydrogen) atoms. The molecule has 3 heterocycles. The number of aliphatic imine (C=N–C) groups is 1. The van der Waals surface area contributed by atoms with Crippen LogP contribution in [0.25, 0.3) is 0 Å². The highest BCUT2D eigenvalue weighted by Gasteiger charge is 2.33. The minimum absolute atomic E-state index is 0.250. The Labute approximate surface area is 142 Å². The molecule has 3 aliphatic rings. The van der Waals surface area contributed by atoms with E-state index in [1.54, 1.807) is 0 Å². The summed E-state index contributed by atoms with van der Waals surface area (Å²) >= 11 is 0. The summed E-state index contributed by atoms with van der Waals surface area (Å²) in [5.74, 6) is 0.782. The molecule has 0 saturated carbocycles. The lowest BCUT2D eigenvalue weighted by Crippen LogP contribution is -2.40. The van der Waals surface area contributed by atoms with Crippen molar-refractivity contribution in [3.63, 3.8) is 0 Å². The van der Waals surface area contributed by atoms with Crippen molar-refractivity contribution in [2.24, 2.45) is 10.9 Å². The Morgan fingerprint density at radius 1 is 1.29 bits per heavy atom. The van der Waals surface area contributed by atoms with Gasteiger partial charge in [0.25, 0.3) is 6.47 Å². The molecule has 2 saturated heterocycles. The largest absolute Gasteiger partial charge is 0.483 e. The molecule has 0 amide bonds. The predicted molar refractivity (Wildman–Crippen MR) is 92.3 cm³/mol. The molecule has 1 N–H and O–H groups in total. The topological polar surface area (TPSA) is 70.0 Å².